The zero-order chi connectivity index (χ0) is 31.1. The molecule has 3 aromatic carbocycles. The van der Waals surface area contributed by atoms with Gasteiger partial charge in [-0.25, -0.2) is 0 Å². The van der Waals surface area contributed by atoms with Crippen molar-refractivity contribution in [3.63, 3.8) is 0 Å². The molecule has 0 saturated heterocycles. The van der Waals surface area contributed by atoms with Gasteiger partial charge in [-0.05, 0) is 52.8 Å². The Morgan fingerprint density at radius 1 is 0.884 bits per heavy atom. The van der Waals surface area contributed by atoms with Crippen LogP contribution in [0.2, 0.25) is 0 Å². The van der Waals surface area contributed by atoms with Crippen LogP contribution < -0.4 is 15.3 Å². The van der Waals surface area contributed by atoms with Gasteiger partial charge in [-0.1, -0.05) is 75.4 Å². The van der Waals surface area contributed by atoms with E-state index >= 15 is 0 Å². The SMILES string of the molecule is CC(C)(C)c1ccc([C@H]2C=C3Nc4ccccc4N(C(=O)CCC(=O)[O-])[C@H](c4ccc(C(F)(F)F)cc4)[C@@H]3C(=O)C2)cc1. The summed E-state index contributed by atoms with van der Waals surface area (Å²) in [6.45, 7) is 6.35. The van der Waals surface area contributed by atoms with Gasteiger partial charge in [0, 0.05) is 30.4 Å². The van der Waals surface area contributed by atoms with Crippen LogP contribution in [0.5, 0.6) is 0 Å². The Kier molecular flexibility index (Phi) is 7.94. The van der Waals surface area contributed by atoms with E-state index in [1.54, 1.807) is 24.3 Å². The molecule has 1 heterocycles. The van der Waals surface area contributed by atoms with Crippen LogP contribution in [-0.2, 0) is 26.0 Å². The largest absolute Gasteiger partial charge is 0.550 e. The molecule has 0 fully saturated rings. The van der Waals surface area contributed by atoms with Crippen molar-refractivity contribution in [2.75, 3.05) is 10.2 Å². The summed E-state index contributed by atoms with van der Waals surface area (Å²) >= 11 is 0. The molecule has 1 amide bonds. The number of allylic oxidation sites excluding steroid dienone is 1. The predicted molar refractivity (Wildman–Crippen MR) is 155 cm³/mol. The molecule has 43 heavy (non-hydrogen) atoms. The van der Waals surface area contributed by atoms with Crippen molar-refractivity contribution >= 4 is 29.0 Å². The number of alkyl halides is 3. The van der Waals surface area contributed by atoms with E-state index in [4.69, 9.17) is 0 Å². The van der Waals surface area contributed by atoms with Crippen LogP contribution in [-0.4, -0.2) is 17.7 Å². The minimum atomic E-state index is -4.57. The fourth-order valence-electron chi connectivity index (χ4n) is 5.88. The van der Waals surface area contributed by atoms with E-state index in [1.807, 2.05) is 30.3 Å². The van der Waals surface area contributed by atoms with Gasteiger partial charge < -0.3 is 20.1 Å². The minimum Gasteiger partial charge on any atom is -0.550 e. The maximum atomic E-state index is 14.1. The number of ketones is 1. The third-order valence-corrected chi connectivity index (χ3v) is 8.12. The van der Waals surface area contributed by atoms with Crippen molar-refractivity contribution in [3.05, 3.63) is 107 Å². The van der Waals surface area contributed by atoms with Crippen LogP contribution in [0.4, 0.5) is 24.5 Å². The first kappa shape index (κ1) is 30.1. The zero-order valence-corrected chi connectivity index (χ0v) is 24.1. The van der Waals surface area contributed by atoms with Gasteiger partial charge >= 0.3 is 6.18 Å². The summed E-state index contributed by atoms with van der Waals surface area (Å²) < 4.78 is 40.3. The summed E-state index contributed by atoms with van der Waals surface area (Å²) in [5.74, 6) is -3.37. The molecule has 3 atom stereocenters. The molecule has 6 nitrogen and oxygen atoms in total. The van der Waals surface area contributed by atoms with E-state index in [0.717, 1.165) is 23.3 Å². The monoisotopic (exact) mass is 589 g/mol. The van der Waals surface area contributed by atoms with Crippen molar-refractivity contribution in [1.29, 1.82) is 0 Å². The van der Waals surface area contributed by atoms with Crippen LogP contribution in [0.3, 0.4) is 0 Å². The van der Waals surface area contributed by atoms with Crippen LogP contribution in [0, 0.1) is 5.92 Å². The molecule has 0 unspecified atom stereocenters. The van der Waals surface area contributed by atoms with Gasteiger partial charge in [0.05, 0.1) is 28.9 Å². The van der Waals surface area contributed by atoms with Crippen LogP contribution in [0.25, 0.3) is 0 Å². The molecule has 0 saturated carbocycles. The summed E-state index contributed by atoms with van der Waals surface area (Å²) in [6.07, 6.45) is -3.43. The third kappa shape index (κ3) is 6.21. The number of carboxylic acid groups (broad SMARTS) is 1. The number of nitrogens with zero attached hydrogens (tertiary/aromatic N) is 1. The van der Waals surface area contributed by atoms with E-state index in [9.17, 15) is 32.7 Å². The second-order valence-electron chi connectivity index (χ2n) is 12.1. The third-order valence-electron chi connectivity index (χ3n) is 8.12. The number of carbonyl (C=O) groups excluding carboxylic acids is 3. The van der Waals surface area contributed by atoms with Crippen molar-refractivity contribution in [3.8, 4) is 0 Å². The standard InChI is InChI=1S/C34H33F3N2O4/c1-33(2,3)23-12-8-20(9-13-23)22-18-26-31(28(40)19-22)32(21-10-14-24(15-11-21)34(35,36)37)39(29(41)16-17-30(42)43)27-7-5-4-6-25(27)38-26/h4-15,18,22,31-32,38H,16-17,19H2,1-3H3,(H,42,43)/p-1/t22-,31-,32+/m0/s1. The van der Waals surface area contributed by atoms with Crippen molar-refractivity contribution in [1.82, 2.24) is 0 Å². The van der Waals surface area contributed by atoms with E-state index < -0.39 is 48.4 Å². The first-order valence-electron chi connectivity index (χ1n) is 14.1. The molecule has 1 N–H and O–H groups in total. The molecule has 224 valence electrons. The van der Waals surface area contributed by atoms with Crippen LogP contribution >= 0.6 is 0 Å². The quantitative estimate of drug-likeness (QED) is 0.378. The lowest BCUT2D eigenvalue weighted by Crippen LogP contribution is -2.43. The number of nitrogens with one attached hydrogen (secondary N) is 1. The Hall–Kier alpha value is -4.40. The average Bonchev–Trinajstić information content (AvgIpc) is 3.10. The van der Waals surface area contributed by atoms with Crippen LogP contribution in [0.1, 0.15) is 74.2 Å². The predicted octanol–water partition coefficient (Wildman–Crippen LogP) is 6.29. The fraction of sp³-hybridized carbons (Fsp3) is 0.324. The Balaban J connectivity index is 1.65. The number of fused-ring (bicyclic) bond motifs is 2. The molecule has 9 heteroatoms. The number of rotatable bonds is 5. The number of halogens is 3. The Morgan fingerprint density at radius 3 is 2.09 bits per heavy atom. The molecule has 3 aromatic rings. The second-order valence-corrected chi connectivity index (χ2v) is 12.1. The lowest BCUT2D eigenvalue weighted by molar-refractivity contribution is -0.305. The lowest BCUT2D eigenvalue weighted by Gasteiger charge is -2.38. The van der Waals surface area contributed by atoms with E-state index in [0.29, 0.717) is 22.6 Å². The van der Waals surface area contributed by atoms with Gasteiger partial charge in [0.15, 0.2) is 0 Å². The van der Waals surface area contributed by atoms with Gasteiger partial charge in [-0.2, -0.15) is 13.2 Å². The molecule has 0 spiro atoms. The average molecular weight is 590 g/mol. The molecule has 5 rings (SSSR count). The Bertz CT molecular complexity index is 1570. The highest BCUT2D eigenvalue weighted by molar-refractivity contribution is 6.02. The van der Waals surface area contributed by atoms with Crippen molar-refractivity contribution in [2.24, 2.45) is 5.92 Å². The lowest BCUT2D eigenvalue weighted by atomic mass is 9.75. The Labute approximate surface area is 248 Å². The number of para-hydroxylation sites is 2. The first-order chi connectivity index (χ1) is 20.2. The van der Waals surface area contributed by atoms with Gasteiger partial charge in [0.1, 0.15) is 5.78 Å². The summed E-state index contributed by atoms with van der Waals surface area (Å²) in [5, 5.41) is 14.6. The maximum absolute atomic E-state index is 14.1. The summed E-state index contributed by atoms with van der Waals surface area (Å²) in [4.78, 5) is 40.4. The number of hydrogen-bond donors (Lipinski definition) is 1. The van der Waals surface area contributed by atoms with E-state index in [-0.39, 0.29) is 23.5 Å². The molecule has 1 aliphatic carbocycles. The minimum absolute atomic E-state index is 0.0430. The smallest absolute Gasteiger partial charge is 0.416 e. The topological polar surface area (TPSA) is 89.5 Å². The highest BCUT2D eigenvalue weighted by atomic mass is 19.4. The normalized spacial score (nSPS) is 20.3. The van der Waals surface area contributed by atoms with Gasteiger partial charge in [0.25, 0.3) is 0 Å². The van der Waals surface area contributed by atoms with Crippen LogP contribution in [0.15, 0.2) is 84.6 Å². The number of amides is 1. The van der Waals surface area contributed by atoms with E-state index in [2.05, 4.69) is 26.1 Å². The number of benzene rings is 3. The highest BCUT2D eigenvalue weighted by Gasteiger charge is 2.45. The number of aliphatic carboxylic acids is 1. The van der Waals surface area contributed by atoms with Gasteiger partial charge in [-0.3, -0.25) is 9.59 Å². The summed E-state index contributed by atoms with van der Waals surface area (Å²) in [7, 11) is 0. The Morgan fingerprint density at radius 2 is 1.49 bits per heavy atom. The molecule has 2 aliphatic rings. The van der Waals surface area contributed by atoms with E-state index in [1.165, 1.54) is 17.0 Å². The zero-order valence-electron chi connectivity index (χ0n) is 24.1. The molecular formula is C34H32F3N2O4-. The molecular weight excluding hydrogens is 557 g/mol. The number of anilines is 2. The maximum Gasteiger partial charge on any atom is 0.416 e. The van der Waals surface area contributed by atoms with Crippen molar-refractivity contribution in [2.45, 2.75) is 63.6 Å². The number of carboxylic acids is 1. The van der Waals surface area contributed by atoms with Crippen molar-refractivity contribution < 1.29 is 32.7 Å². The second kappa shape index (κ2) is 11.4. The molecule has 1 aliphatic heterocycles. The first-order valence-corrected chi connectivity index (χ1v) is 14.1. The number of carbonyl (C=O) groups is 3. The number of hydrogen-bond acceptors (Lipinski definition) is 5. The summed E-state index contributed by atoms with van der Waals surface area (Å²) in [6, 6.07) is 18.4. The fourth-order valence-corrected chi connectivity index (χ4v) is 5.88. The molecule has 0 bridgehead atoms. The van der Waals surface area contributed by atoms with Gasteiger partial charge in [-0.15, -0.1) is 0 Å². The summed E-state index contributed by atoms with van der Waals surface area (Å²) in [5.41, 5.74) is 2.97. The highest BCUT2D eigenvalue weighted by Crippen LogP contribution is 2.48. The van der Waals surface area contributed by atoms with Gasteiger partial charge in [0.2, 0.25) is 5.91 Å². The molecule has 0 aromatic heterocycles. The molecule has 0 radical (unpaired) electrons. The number of Topliss-reactive ketones (excluding diaryl/α,β-unsaturated/α-hetero) is 1.